The topological polar surface area (TPSA) is 85.3 Å². The first-order valence-corrected chi connectivity index (χ1v) is 4.73. The Labute approximate surface area is 117 Å². The van der Waals surface area contributed by atoms with Gasteiger partial charge in [0, 0.05) is 32.9 Å². The number of hydrogen-bond donors (Lipinski definition) is 0. The van der Waals surface area contributed by atoms with Gasteiger partial charge in [0.25, 0.3) is 0 Å². The van der Waals surface area contributed by atoms with Crippen LogP contribution in [0.1, 0.15) is 11.3 Å². The molecule has 0 fully saturated rings. The van der Waals surface area contributed by atoms with Crippen LogP contribution in [0.5, 0.6) is 5.88 Å². The van der Waals surface area contributed by atoms with E-state index in [1.807, 2.05) is 19.9 Å². The number of aryl methyl sites for hydroxylation is 2. The van der Waals surface area contributed by atoms with E-state index in [0.29, 0.717) is 5.88 Å². The van der Waals surface area contributed by atoms with Crippen LogP contribution >= 0.6 is 15.9 Å². The Kier molecular flexibility index (Phi) is 9.55. The normalized spacial score (nSPS) is 8.25. The van der Waals surface area contributed by atoms with Crippen LogP contribution in [0.15, 0.2) is 10.5 Å². The largest absolute Gasteiger partial charge is 0.652 e. The van der Waals surface area contributed by atoms with Crippen molar-refractivity contribution in [2.45, 2.75) is 13.8 Å². The average Bonchev–Trinajstić information content (AvgIpc) is 2.12. The minimum absolute atomic E-state index is 0. The monoisotopic (exact) mass is 382 g/mol. The van der Waals surface area contributed by atoms with Crippen LogP contribution < -0.4 is 14.9 Å². The molecule has 0 spiro atoms. The maximum Gasteiger partial charge on any atom is 0.213 e. The van der Waals surface area contributed by atoms with Gasteiger partial charge in [-0.05, 0) is 41.5 Å². The van der Waals surface area contributed by atoms with E-state index in [1.165, 1.54) is 0 Å². The Bertz CT molecular complexity index is 332. The second-order valence-electron chi connectivity index (χ2n) is 2.63. The second kappa shape index (κ2) is 8.58. The summed E-state index contributed by atoms with van der Waals surface area (Å²) in [5, 5.41) is 16.7. The first-order chi connectivity index (χ1) is 6.88. The maximum atomic E-state index is 8.33. The van der Waals surface area contributed by atoms with Crippen LogP contribution in [0.4, 0.5) is 4.79 Å². The summed E-state index contributed by atoms with van der Waals surface area (Å²) in [5.74, 6) is 0.670. The van der Waals surface area contributed by atoms with Crippen molar-refractivity contribution in [3.05, 3.63) is 21.8 Å². The Balaban J connectivity index is 0. The van der Waals surface area contributed by atoms with Crippen LogP contribution in [0.3, 0.4) is 0 Å². The number of methoxy groups -OCH3 is 1. The van der Waals surface area contributed by atoms with Crippen LogP contribution in [0.25, 0.3) is 0 Å². The summed E-state index contributed by atoms with van der Waals surface area (Å²) in [6.45, 7) is 3.96. The SMILES string of the molecule is COc1cc(C)c(Br)c(C)n1.O=C([O-])[O-].[Ag]. The van der Waals surface area contributed by atoms with E-state index in [9.17, 15) is 0 Å². The van der Waals surface area contributed by atoms with Gasteiger partial charge in [-0.3, -0.25) is 0 Å². The summed E-state index contributed by atoms with van der Waals surface area (Å²) in [5.41, 5.74) is 2.11. The Morgan fingerprint density at radius 2 is 1.88 bits per heavy atom. The maximum absolute atomic E-state index is 8.33. The van der Waals surface area contributed by atoms with Gasteiger partial charge in [-0.25, -0.2) is 4.98 Å². The molecule has 0 N–H and O–H groups in total. The predicted molar refractivity (Wildman–Crippen MR) is 53.4 cm³/mol. The van der Waals surface area contributed by atoms with Crippen LogP contribution in [0, 0.1) is 13.8 Å². The van der Waals surface area contributed by atoms with Gasteiger partial charge in [0.2, 0.25) is 5.88 Å². The molecule has 16 heavy (non-hydrogen) atoms. The number of carbonyl (C=O) groups excluding carboxylic acids is 1. The molecule has 0 saturated heterocycles. The first kappa shape index (κ1) is 17.8. The summed E-state index contributed by atoms with van der Waals surface area (Å²) in [4.78, 5) is 12.5. The minimum Gasteiger partial charge on any atom is -0.652 e. The molecule has 1 aromatic heterocycles. The average molecular weight is 384 g/mol. The Hall–Kier alpha value is -0.560. The quantitative estimate of drug-likeness (QED) is 0.638. The molecule has 1 aromatic rings. The number of carbonyl (C=O) groups is 1. The number of carboxylic acid groups (broad SMARTS) is 2. The molecule has 0 unspecified atom stereocenters. The zero-order valence-corrected chi connectivity index (χ0v) is 11.9. The molecule has 0 amide bonds. The van der Waals surface area contributed by atoms with E-state index < -0.39 is 6.16 Å². The van der Waals surface area contributed by atoms with Gasteiger partial charge in [0.1, 0.15) is 0 Å². The Morgan fingerprint density at radius 1 is 1.44 bits per heavy atom. The van der Waals surface area contributed by atoms with Crippen molar-refractivity contribution in [1.82, 2.24) is 4.98 Å². The molecule has 0 aliphatic heterocycles. The zero-order valence-electron chi connectivity index (χ0n) is 8.84. The van der Waals surface area contributed by atoms with Gasteiger partial charge < -0.3 is 19.7 Å². The summed E-state index contributed by atoms with van der Waals surface area (Å²) < 4.78 is 6.05. The molecule has 5 nitrogen and oxygen atoms in total. The molecule has 0 aromatic carbocycles. The standard InChI is InChI=1S/C8H10BrNO.CH2O3.Ag/c1-5-4-7(11-3)10-6(2)8(5)9;2-1(3)4;/h4H,1-3H3;(H2,2,3,4);/p-2. The molecular formula is C9H10AgBrNO4-2. The van der Waals surface area contributed by atoms with Crippen LogP contribution in [-0.2, 0) is 22.4 Å². The first-order valence-electron chi connectivity index (χ1n) is 3.94. The molecule has 1 rings (SSSR count). The van der Waals surface area contributed by atoms with E-state index >= 15 is 0 Å². The van der Waals surface area contributed by atoms with Gasteiger partial charge in [0.15, 0.2) is 0 Å². The fraction of sp³-hybridized carbons (Fsp3) is 0.333. The number of aromatic nitrogens is 1. The third-order valence-corrected chi connectivity index (χ3v) is 2.69. The molecule has 1 radical (unpaired) electrons. The summed E-state index contributed by atoms with van der Waals surface area (Å²) in [6, 6.07) is 1.90. The van der Waals surface area contributed by atoms with Crippen molar-refractivity contribution in [1.29, 1.82) is 0 Å². The fourth-order valence-corrected chi connectivity index (χ4v) is 1.09. The second-order valence-corrected chi connectivity index (χ2v) is 3.42. The van der Waals surface area contributed by atoms with Gasteiger partial charge in [-0.1, -0.05) is 0 Å². The summed E-state index contributed by atoms with van der Waals surface area (Å²) in [6.07, 6.45) is -2.33. The third kappa shape index (κ3) is 6.84. The van der Waals surface area contributed by atoms with Crippen molar-refractivity contribution in [3.8, 4) is 5.88 Å². The minimum atomic E-state index is -2.33. The fourth-order valence-electron chi connectivity index (χ4n) is 0.885. The smallest absolute Gasteiger partial charge is 0.213 e. The third-order valence-electron chi connectivity index (χ3n) is 1.49. The number of halogens is 1. The number of ether oxygens (including phenoxy) is 1. The molecule has 0 atom stereocenters. The Morgan fingerprint density at radius 3 is 2.19 bits per heavy atom. The molecule has 7 heteroatoms. The van der Waals surface area contributed by atoms with E-state index in [1.54, 1.807) is 7.11 Å². The summed E-state index contributed by atoms with van der Waals surface area (Å²) >= 11 is 3.42. The number of rotatable bonds is 1. The number of nitrogens with zero attached hydrogens (tertiary/aromatic N) is 1. The number of hydrogen-bond acceptors (Lipinski definition) is 5. The van der Waals surface area contributed by atoms with E-state index in [-0.39, 0.29) is 22.4 Å². The molecule has 0 bridgehead atoms. The van der Waals surface area contributed by atoms with E-state index in [0.717, 1.165) is 15.7 Å². The predicted octanol–water partition coefficient (Wildman–Crippen LogP) is 0.0200. The summed E-state index contributed by atoms with van der Waals surface area (Å²) in [7, 11) is 1.62. The van der Waals surface area contributed by atoms with Crippen molar-refractivity contribution < 1.29 is 42.1 Å². The van der Waals surface area contributed by atoms with Crippen molar-refractivity contribution in [2.75, 3.05) is 7.11 Å². The van der Waals surface area contributed by atoms with Crippen molar-refractivity contribution in [3.63, 3.8) is 0 Å². The molecule has 0 saturated carbocycles. The van der Waals surface area contributed by atoms with Gasteiger partial charge in [-0.15, -0.1) is 0 Å². The number of pyridine rings is 1. The molecule has 1 heterocycles. The van der Waals surface area contributed by atoms with Crippen molar-refractivity contribution in [2.24, 2.45) is 0 Å². The van der Waals surface area contributed by atoms with Gasteiger partial charge in [-0.2, -0.15) is 0 Å². The van der Waals surface area contributed by atoms with Gasteiger partial charge in [0.05, 0.1) is 12.8 Å². The molecule has 0 aliphatic carbocycles. The molecular weight excluding hydrogens is 374 g/mol. The molecule has 0 aliphatic rings. The van der Waals surface area contributed by atoms with Crippen LogP contribution in [0.2, 0.25) is 0 Å². The van der Waals surface area contributed by atoms with Gasteiger partial charge >= 0.3 is 0 Å². The van der Waals surface area contributed by atoms with E-state index in [4.69, 9.17) is 19.7 Å². The van der Waals surface area contributed by atoms with E-state index in [2.05, 4.69) is 20.9 Å². The van der Waals surface area contributed by atoms with Crippen molar-refractivity contribution >= 4 is 22.1 Å². The zero-order chi connectivity index (χ0) is 12.0. The van der Waals surface area contributed by atoms with Crippen LogP contribution in [-0.4, -0.2) is 18.2 Å². The molecule has 95 valence electrons.